The van der Waals surface area contributed by atoms with E-state index >= 15 is 0 Å². The number of benzene rings is 6. The number of carbonyl (C=O) groups excluding carboxylic acids is 12. The molecule has 0 radical (unpaired) electrons. The van der Waals surface area contributed by atoms with E-state index in [0.717, 1.165) is 0 Å². The standard InChI is InChI=1S/6C15H15N3O3/c6*1-8-17-11-4-2-3-10(16)14(11)15(21)18(8)12-6-5-9(19)7-13(12)20/h6*2-4,12H,5-7,16H2,1H3/t4*12-;;/m1100../s1/i1D3,2D,3D,4D,5D2,6D2,12D;1D3,2D,3D,4D,12D;1D3,2D,3D,4D,5D2,6D2,12D;1D3,2D,3D,4D,12D;1D3,2D,3D,4D,5D2,6D2,12D;1D3,2D,3D,4D,5D2,6D2. The molecule has 2 unspecified atom stereocenters. The van der Waals surface area contributed by atoms with Gasteiger partial charge in [-0.3, -0.25) is 114 Å². The second-order valence-corrected chi connectivity index (χ2v) is 26.3. The number of hydrogen-bond acceptors (Lipinski definition) is 30. The topological polar surface area (TPSA) is 570 Å². The second kappa shape index (κ2) is 36.6. The zero-order valence-electron chi connectivity index (χ0n) is 120. The van der Waals surface area contributed by atoms with E-state index in [2.05, 4.69) is 29.9 Å². The summed E-state index contributed by atoms with van der Waals surface area (Å²) >= 11 is 0. The van der Waals surface area contributed by atoms with E-state index in [1.807, 2.05) is 0 Å². The molecule has 648 valence electrons. The van der Waals surface area contributed by atoms with Crippen LogP contribution in [0.3, 0.4) is 0 Å². The van der Waals surface area contributed by atoms with Crippen LogP contribution in [0.4, 0.5) is 34.1 Å². The first kappa shape index (κ1) is 41.5. The number of hydrogen-bond donors (Lipinski definition) is 6. The molecule has 18 rings (SSSR count). The van der Waals surface area contributed by atoms with Crippen molar-refractivity contribution in [3.63, 3.8) is 0 Å². The number of fused-ring (bicyclic) bond motifs is 6. The maximum Gasteiger partial charge on any atom is 0.264 e. The monoisotopic (exact) mass is 1770 g/mol. The van der Waals surface area contributed by atoms with Crippen molar-refractivity contribution in [2.75, 3.05) is 34.4 Å². The molecule has 12 N–H and O–H groups in total. The van der Waals surface area contributed by atoms with Crippen molar-refractivity contribution in [3.05, 3.63) is 206 Å². The summed E-state index contributed by atoms with van der Waals surface area (Å²) in [5, 5.41) is -4.12. The first-order chi connectivity index (χ1) is 82.5. The second-order valence-electron chi connectivity index (χ2n) is 26.3. The Hall–Kier alpha value is -15.0. The van der Waals surface area contributed by atoms with Crippen LogP contribution in [-0.2, 0) is 57.5 Å². The Labute approximate surface area is 794 Å². The minimum absolute atomic E-state index is 0.140. The highest BCUT2D eigenvalue weighted by atomic mass is 16.2. The molecule has 0 saturated heterocycles. The molecular formula is C90H90N18O18. The molecule has 6 atom stereocenters. The van der Waals surface area contributed by atoms with Crippen molar-refractivity contribution in [1.29, 1.82) is 0 Å². The van der Waals surface area contributed by atoms with Gasteiger partial charge < -0.3 is 34.4 Å². The van der Waals surface area contributed by atoms with Gasteiger partial charge in [0.2, 0.25) is 0 Å². The van der Waals surface area contributed by atoms with Gasteiger partial charge in [0.25, 0.3) is 33.4 Å². The summed E-state index contributed by atoms with van der Waals surface area (Å²) in [6.45, 7) is -19.4. The van der Waals surface area contributed by atoms with Crippen molar-refractivity contribution in [3.8, 4) is 0 Å². The van der Waals surface area contributed by atoms with Gasteiger partial charge in [0.05, 0.1) is 172 Å². The molecule has 12 aromatic rings. The normalized spacial score (nSPS) is 32.5. The van der Waals surface area contributed by atoms with E-state index in [-0.39, 0.29) is 31.1 Å². The van der Waals surface area contributed by atoms with Crippen molar-refractivity contribution < 1.29 is 136 Å². The average molecular weight is 1770 g/mol. The summed E-state index contributed by atoms with van der Waals surface area (Å²) in [6, 6.07) is -31.2. The Morgan fingerprint density at radius 2 is 0.476 bits per heavy atom. The summed E-state index contributed by atoms with van der Waals surface area (Å²) in [7, 11) is 0. The summed E-state index contributed by atoms with van der Waals surface area (Å²) in [5.41, 5.74) is 18.3. The fraction of sp³-hybridized carbons (Fsp3) is 0.333. The van der Waals surface area contributed by atoms with E-state index in [1.165, 1.54) is 0 Å². The van der Waals surface area contributed by atoms with Crippen molar-refractivity contribution in [2.45, 2.75) is 192 Å². The lowest BCUT2D eigenvalue weighted by atomic mass is 9.92. The third-order valence-electron chi connectivity index (χ3n) is 18.2. The fourth-order valence-electron chi connectivity index (χ4n) is 12.5. The molecule has 6 saturated carbocycles. The molecule has 0 aliphatic heterocycles. The van der Waals surface area contributed by atoms with Gasteiger partial charge in [0.15, 0.2) is 34.7 Å². The van der Waals surface area contributed by atoms with Gasteiger partial charge in [0, 0.05) is 119 Å². The summed E-state index contributed by atoms with van der Waals surface area (Å²) in [4.78, 5) is 249. The maximum absolute atomic E-state index is 13.4. The van der Waals surface area contributed by atoms with Gasteiger partial charge in [-0.25, -0.2) is 29.9 Å². The highest BCUT2D eigenvalue weighted by Gasteiger charge is 2.38. The Kier molecular flexibility index (Phi) is 12.0. The van der Waals surface area contributed by atoms with E-state index < -0.39 is 526 Å². The summed E-state index contributed by atoms with van der Waals surface area (Å²) < 4.78 is 450. The number of aryl methyl sites for hydroxylation is 6. The van der Waals surface area contributed by atoms with Crippen LogP contribution in [0.2, 0.25) is 0 Å². The Bertz CT molecular complexity index is 9510. The molecule has 6 aromatic heterocycles. The summed E-state index contributed by atoms with van der Waals surface area (Å²) in [5.74, 6) is -21.6. The molecule has 0 spiro atoms. The zero-order chi connectivity index (χ0) is 140. The lowest BCUT2D eigenvalue weighted by Crippen LogP contribution is -2.36. The number of nitrogens with zero attached hydrogens (tertiary/aromatic N) is 12. The van der Waals surface area contributed by atoms with E-state index in [1.54, 1.807) is 0 Å². The Morgan fingerprint density at radius 1 is 0.278 bits per heavy atom. The van der Waals surface area contributed by atoms with E-state index in [4.69, 9.17) is 113 Å². The number of Topliss-reactive ketones (excluding diaryl/α,β-unsaturated/α-hetero) is 12. The van der Waals surface area contributed by atoms with Gasteiger partial charge >= 0.3 is 0 Å². The highest BCUT2D eigenvalue weighted by molar-refractivity contribution is 6.08. The van der Waals surface area contributed by atoms with E-state index in [0.29, 0.717) is 9.13 Å². The largest absolute Gasteiger partial charge is 0.398 e. The van der Waals surface area contributed by atoms with Crippen LogP contribution in [0, 0.1) is 41.1 Å². The number of carbonyl (C=O) groups is 12. The first-order valence-corrected chi connectivity index (χ1v) is 35.4. The van der Waals surface area contributed by atoms with Gasteiger partial charge in [-0.05, 0) is 152 Å². The molecule has 6 fully saturated rings. The van der Waals surface area contributed by atoms with Crippen LogP contribution in [0.15, 0.2) is 138 Å². The molecule has 0 amide bonds. The maximum atomic E-state index is 13.4. The van der Waals surface area contributed by atoms with Crippen LogP contribution < -0.4 is 67.8 Å². The smallest absolute Gasteiger partial charge is 0.264 e. The van der Waals surface area contributed by atoms with Crippen LogP contribution in [-0.4, -0.2) is 127 Å². The quantitative estimate of drug-likeness (QED) is 0.0727. The lowest BCUT2D eigenvalue weighted by Gasteiger charge is -2.24. The number of nitrogen functional groups attached to an aromatic ring is 6. The molecule has 126 heavy (non-hydrogen) atoms. The Morgan fingerprint density at radius 3 is 0.714 bits per heavy atom. The van der Waals surface area contributed by atoms with Crippen LogP contribution in [0.1, 0.15) is 264 Å². The minimum atomic E-state index is -3.73. The molecule has 6 heterocycles. The molecule has 6 aromatic carbocycles. The third kappa shape index (κ3) is 17.8. The van der Waals surface area contributed by atoms with Gasteiger partial charge in [-0.2, -0.15) is 0 Å². The molecular weight excluding hydrogens is 1620 g/mol. The van der Waals surface area contributed by atoms with Crippen LogP contribution >= 0.6 is 0 Å². The number of ketones is 12. The lowest BCUT2D eigenvalue weighted by molar-refractivity contribution is -0.133. The highest BCUT2D eigenvalue weighted by Crippen LogP contribution is 2.33. The molecule has 6 aliphatic rings. The molecule has 36 nitrogen and oxygen atoms in total. The van der Waals surface area contributed by atoms with Gasteiger partial charge in [0.1, 0.15) is 69.6 Å². The number of nitrogens with two attached hydrogens (primary N) is 6. The molecule has 0 bridgehead atoms. The average Bonchev–Trinajstić information content (AvgIpc) is 0.687. The number of anilines is 6. The fourth-order valence-corrected chi connectivity index (χ4v) is 12.5. The predicted octanol–water partition coefficient (Wildman–Crippen LogP) is 6.90. The van der Waals surface area contributed by atoms with E-state index in [9.17, 15) is 86.3 Å². The van der Waals surface area contributed by atoms with Crippen LogP contribution in [0.5, 0.6) is 0 Å². The zero-order valence-corrected chi connectivity index (χ0v) is 63.3. The first-order valence-electron chi connectivity index (χ1n) is 63.9. The minimum Gasteiger partial charge on any atom is -0.398 e. The molecule has 6 aliphatic carbocycles. The van der Waals surface area contributed by atoms with Crippen molar-refractivity contribution >= 4 is 169 Å². The van der Waals surface area contributed by atoms with Gasteiger partial charge in [-0.15, -0.1) is 0 Å². The summed E-state index contributed by atoms with van der Waals surface area (Å²) in [6.07, 6.45) is -35.6. The molecule has 36 heteroatoms. The predicted molar refractivity (Wildman–Crippen MR) is 468 cm³/mol. The third-order valence-corrected chi connectivity index (χ3v) is 18.2. The Balaban J connectivity index is 0.000000178. The SMILES string of the molecule is [2H]c1c([2H])c(N)c2c(=O)n(C3([2H])C(=O)CC(=O)C([2H])([2H])C3([2H])[2H])c(C([2H])([2H])[2H])nc2c1[2H].[2H]c1c([2H])c(N)c2c(=O)n(C3C(=O)CC(=O)C([2H])([2H])C3([2H])[2H])c(C([2H])([2H])[2H])nc2c1[2H].[2H]c1c([2H])c(N)c2c(=O)n([C@@]3([2H])C(=O)CC(=O)C([2H])([2H])C3([2H])[2H])c(C([2H])([2H])[2H])nc2c1[2H].[2H]c1c([2H])c(N)c2c(=O)n([C@@]3([2H])CCC(=O)CC3=O)c(C([2H])([2H])[2H])nc2c1[2H].[2H]c1c([2H])c(N)c2c(=O)n([C@]3([2H])C(=O)CC(=O)C([2H])([2H])C3([2H])[2H])c(C([2H])([2H])[2H])nc2c1[2H].[2H]c1c([2H])c(N)c2c(=O)n([C@]3([2H])CCC(=O)CC3=O)c(C([2H])([2H])[2H])nc2c1[2H]. The van der Waals surface area contributed by atoms with Crippen LogP contribution in [0.25, 0.3) is 65.4 Å². The number of rotatable bonds is 6. The van der Waals surface area contributed by atoms with Crippen molar-refractivity contribution in [2.24, 2.45) is 0 Å². The number of aromatic nitrogens is 12. The van der Waals surface area contributed by atoms with Crippen molar-refractivity contribution in [1.82, 2.24) is 57.3 Å². The van der Waals surface area contributed by atoms with Gasteiger partial charge in [-0.1, -0.05) is 36.3 Å².